The van der Waals surface area contributed by atoms with Gasteiger partial charge in [-0.3, -0.25) is 0 Å². The Morgan fingerprint density at radius 1 is 0.564 bits per heavy atom. The Hall–Kier alpha value is -5.85. The van der Waals surface area contributed by atoms with Crippen molar-refractivity contribution >= 4 is 39.7 Å². The molecule has 0 fully saturated rings. The summed E-state index contributed by atoms with van der Waals surface area (Å²) in [4.78, 5) is 24.8. The number of fused-ring (bicyclic) bond motifs is 6. The minimum Gasteiger partial charge on any atom is -0.497 e. The lowest BCUT2D eigenvalue weighted by atomic mass is 9.72. The van der Waals surface area contributed by atoms with Crippen LogP contribution in [0.2, 0.25) is 0 Å². The zero-order chi connectivity index (χ0) is 38.4. The number of methoxy groups -OCH3 is 2. The molecular weight excluding hydrogens is 685 g/mol. The van der Waals surface area contributed by atoms with Crippen LogP contribution in [0.3, 0.4) is 0 Å². The molecule has 6 aromatic rings. The Labute approximate surface area is 322 Å². The molecule has 2 aliphatic carbocycles. The van der Waals surface area contributed by atoms with Crippen molar-refractivity contribution in [3.8, 4) is 23.0 Å². The van der Waals surface area contributed by atoms with Crippen molar-refractivity contribution in [2.24, 2.45) is 0 Å². The maximum absolute atomic E-state index is 13.2. The van der Waals surface area contributed by atoms with Crippen LogP contribution in [0.1, 0.15) is 73.9 Å². The van der Waals surface area contributed by atoms with Crippen molar-refractivity contribution in [2.75, 3.05) is 20.8 Å². The number of hydrogen-bond donors (Lipinski definition) is 0. The largest absolute Gasteiger partial charge is 0.497 e. The molecule has 55 heavy (non-hydrogen) atoms. The smallest absolute Gasteiger partial charge is 0.336 e. The molecule has 6 heteroatoms. The van der Waals surface area contributed by atoms with E-state index in [4.69, 9.17) is 24.0 Å². The van der Waals surface area contributed by atoms with Gasteiger partial charge in [-0.2, -0.15) is 4.89 Å². The van der Waals surface area contributed by atoms with Gasteiger partial charge in [0.2, 0.25) is 0 Å². The molecular formula is C49H46O6. The lowest BCUT2D eigenvalue weighted by molar-refractivity contribution is -0.195. The highest BCUT2D eigenvalue weighted by Gasteiger charge is 2.56. The first-order valence-electron chi connectivity index (χ1n) is 18.8. The second kappa shape index (κ2) is 14.1. The van der Waals surface area contributed by atoms with Gasteiger partial charge in [0.05, 0.1) is 14.2 Å². The van der Waals surface area contributed by atoms with Crippen LogP contribution in [0, 0.1) is 0 Å². The number of rotatable bonds is 10. The Bertz CT molecular complexity index is 2500. The van der Waals surface area contributed by atoms with E-state index in [1.165, 1.54) is 28.3 Å². The molecule has 8 rings (SSSR count). The monoisotopic (exact) mass is 730 g/mol. The van der Waals surface area contributed by atoms with Gasteiger partial charge in [-0.25, -0.2) is 4.79 Å². The molecule has 2 aliphatic rings. The number of carbonyl (C=O) groups is 1. The summed E-state index contributed by atoms with van der Waals surface area (Å²) in [5, 5.41) is 4.42. The third-order valence-electron chi connectivity index (χ3n) is 11.4. The standard InChI is InChI=1S/C49H46O6/c1-47(2)30-49(44-28-40(18-20-42(44)47)54-46(50)22-11-33-10-13-37-27-39(52-6)17-15-35(37)25-33)31-48(3,4)43-21-19-41(29-45(43)49)55-53-23-7-8-32-9-12-36-26-38(51-5)16-14-34(36)24-32/h7-22,24-29H,23,30-31H2,1-6H3/b8-7+,22-11+. The van der Waals surface area contributed by atoms with Gasteiger partial charge in [0, 0.05) is 11.5 Å². The normalized spacial score (nSPS) is 17.9. The summed E-state index contributed by atoms with van der Waals surface area (Å²) in [6, 6.07) is 36.9. The maximum Gasteiger partial charge on any atom is 0.336 e. The summed E-state index contributed by atoms with van der Waals surface area (Å²) in [6.45, 7) is 9.54. The SMILES string of the molecule is COc1ccc2cc(/C=C/COOc3ccc4c(c3)C3(CC4(C)C)CC(C)(C)c4ccc(OC(=O)/C=C/c5ccc6cc(OC)ccc6c5)cc43)ccc2c1. The molecule has 0 aliphatic heterocycles. The zero-order valence-corrected chi connectivity index (χ0v) is 32.3. The second-order valence-electron chi connectivity index (χ2n) is 16.1. The first kappa shape index (κ1) is 36.1. The number of benzene rings is 6. The molecule has 0 aromatic heterocycles. The first-order valence-corrected chi connectivity index (χ1v) is 18.8. The van der Waals surface area contributed by atoms with Gasteiger partial charge >= 0.3 is 5.97 Å². The fourth-order valence-corrected chi connectivity index (χ4v) is 9.01. The Morgan fingerprint density at radius 3 is 1.64 bits per heavy atom. The molecule has 1 unspecified atom stereocenters. The Morgan fingerprint density at radius 2 is 1.05 bits per heavy atom. The van der Waals surface area contributed by atoms with Crippen LogP contribution in [0.15, 0.2) is 121 Å². The predicted octanol–water partition coefficient (Wildman–Crippen LogP) is 11.3. The fourth-order valence-electron chi connectivity index (χ4n) is 9.01. The molecule has 1 atom stereocenters. The van der Waals surface area contributed by atoms with Gasteiger partial charge < -0.3 is 19.1 Å². The van der Waals surface area contributed by atoms with Crippen molar-refractivity contribution in [2.45, 2.75) is 56.8 Å². The third-order valence-corrected chi connectivity index (χ3v) is 11.4. The molecule has 0 saturated carbocycles. The van der Waals surface area contributed by atoms with E-state index in [-0.39, 0.29) is 16.2 Å². The molecule has 0 radical (unpaired) electrons. The van der Waals surface area contributed by atoms with Gasteiger partial charge in [-0.1, -0.05) is 88.4 Å². The molecule has 0 saturated heterocycles. The summed E-state index contributed by atoms with van der Waals surface area (Å²) in [6.07, 6.45) is 9.14. The van der Waals surface area contributed by atoms with Crippen LogP contribution >= 0.6 is 0 Å². The quantitative estimate of drug-likeness (QED) is 0.0349. The van der Waals surface area contributed by atoms with Crippen molar-refractivity contribution in [3.63, 3.8) is 0 Å². The minimum absolute atomic E-state index is 0.0689. The predicted molar refractivity (Wildman–Crippen MR) is 220 cm³/mol. The first-order chi connectivity index (χ1) is 26.5. The molecule has 0 amide bonds. The van der Waals surface area contributed by atoms with Gasteiger partial charge in [0.15, 0.2) is 5.75 Å². The summed E-state index contributed by atoms with van der Waals surface area (Å²) in [7, 11) is 3.34. The number of ether oxygens (including phenoxy) is 3. The summed E-state index contributed by atoms with van der Waals surface area (Å²) >= 11 is 0. The molecule has 0 heterocycles. The van der Waals surface area contributed by atoms with E-state index < -0.39 is 5.97 Å². The zero-order valence-electron chi connectivity index (χ0n) is 32.3. The molecule has 278 valence electrons. The van der Waals surface area contributed by atoms with E-state index >= 15 is 0 Å². The molecule has 1 spiro atoms. The molecule has 0 N–H and O–H groups in total. The maximum atomic E-state index is 13.2. The van der Waals surface area contributed by atoms with E-state index in [0.29, 0.717) is 18.1 Å². The van der Waals surface area contributed by atoms with E-state index in [9.17, 15) is 4.79 Å². The minimum atomic E-state index is -0.420. The van der Waals surface area contributed by atoms with Crippen LogP contribution in [-0.2, 0) is 25.9 Å². The lowest BCUT2D eigenvalue weighted by Gasteiger charge is -2.30. The Kier molecular flexibility index (Phi) is 9.26. The highest BCUT2D eigenvalue weighted by molar-refractivity contribution is 5.91. The van der Waals surface area contributed by atoms with Crippen LogP contribution in [0.5, 0.6) is 23.0 Å². The van der Waals surface area contributed by atoms with E-state index in [0.717, 1.165) is 57.0 Å². The van der Waals surface area contributed by atoms with Crippen LogP contribution in [0.4, 0.5) is 0 Å². The van der Waals surface area contributed by atoms with Crippen LogP contribution in [-0.4, -0.2) is 26.8 Å². The topological polar surface area (TPSA) is 63.2 Å². The van der Waals surface area contributed by atoms with E-state index in [1.807, 2.05) is 72.8 Å². The van der Waals surface area contributed by atoms with Crippen molar-refractivity contribution < 1.29 is 28.8 Å². The van der Waals surface area contributed by atoms with Crippen molar-refractivity contribution in [3.05, 3.63) is 155 Å². The van der Waals surface area contributed by atoms with Crippen LogP contribution < -0.4 is 19.1 Å². The highest BCUT2D eigenvalue weighted by atomic mass is 17.2. The van der Waals surface area contributed by atoms with Gasteiger partial charge in [0.1, 0.15) is 23.9 Å². The summed E-state index contributed by atoms with van der Waals surface area (Å²) < 4.78 is 16.7. The highest BCUT2D eigenvalue weighted by Crippen LogP contribution is 2.63. The average Bonchev–Trinajstić information content (AvgIpc) is 3.55. The van der Waals surface area contributed by atoms with Gasteiger partial charge in [-0.05, 0) is 145 Å². The molecule has 0 bridgehead atoms. The summed E-state index contributed by atoms with van der Waals surface area (Å²) in [5.74, 6) is 2.44. The van der Waals surface area contributed by atoms with Crippen molar-refractivity contribution in [1.29, 1.82) is 0 Å². The molecule has 6 aromatic carbocycles. The summed E-state index contributed by atoms with van der Waals surface area (Å²) in [5.41, 5.74) is 6.60. The van der Waals surface area contributed by atoms with E-state index in [1.54, 1.807) is 20.3 Å². The average molecular weight is 731 g/mol. The molecule has 6 nitrogen and oxygen atoms in total. The Balaban J connectivity index is 0.990. The van der Waals surface area contributed by atoms with Gasteiger partial charge in [-0.15, -0.1) is 0 Å². The second-order valence-corrected chi connectivity index (χ2v) is 16.1. The number of carbonyl (C=O) groups excluding carboxylic acids is 1. The number of esters is 1. The fraction of sp³-hybridized carbons (Fsp3) is 0.245. The van der Waals surface area contributed by atoms with Crippen molar-refractivity contribution in [1.82, 2.24) is 0 Å². The van der Waals surface area contributed by atoms with Crippen LogP contribution in [0.25, 0.3) is 33.7 Å². The van der Waals surface area contributed by atoms with Gasteiger partial charge in [0.25, 0.3) is 0 Å². The third kappa shape index (κ3) is 6.99. The number of hydrogen-bond acceptors (Lipinski definition) is 6. The lowest BCUT2D eigenvalue weighted by Crippen LogP contribution is -2.27. The van der Waals surface area contributed by atoms with E-state index in [2.05, 4.69) is 76.2 Å².